The number of aromatic nitrogens is 2. The van der Waals surface area contributed by atoms with E-state index in [2.05, 4.69) is 144 Å². The molecule has 0 radical (unpaired) electrons. The summed E-state index contributed by atoms with van der Waals surface area (Å²) in [4.78, 5) is 0. The van der Waals surface area contributed by atoms with Crippen LogP contribution >= 0.6 is 0 Å². The Bertz CT molecular complexity index is 2140. The summed E-state index contributed by atoms with van der Waals surface area (Å²) >= 11 is 0. The summed E-state index contributed by atoms with van der Waals surface area (Å²) in [7, 11) is 2.17. The summed E-state index contributed by atoms with van der Waals surface area (Å²) in [6.45, 7) is 0. The first kappa shape index (κ1) is 20.4. The van der Waals surface area contributed by atoms with Crippen molar-refractivity contribution in [2.24, 2.45) is 7.05 Å². The third-order valence-corrected chi connectivity index (χ3v) is 7.92. The monoisotopic (exact) mass is 472 g/mol. The van der Waals surface area contributed by atoms with Gasteiger partial charge in [-0.3, -0.25) is 0 Å². The van der Waals surface area contributed by atoms with E-state index in [4.69, 9.17) is 0 Å². The zero-order valence-electron chi connectivity index (χ0n) is 20.5. The Labute approximate surface area is 214 Å². The quantitative estimate of drug-likeness (QED) is 0.237. The average Bonchev–Trinajstić information content (AvgIpc) is 3.45. The van der Waals surface area contributed by atoms with Crippen molar-refractivity contribution in [3.05, 3.63) is 127 Å². The number of hydrogen-bond acceptors (Lipinski definition) is 0. The topological polar surface area (TPSA) is 9.86 Å². The van der Waals surface area contributed by atoms with Crippen molar-refractivity contribution in [1.82, 2.24) is 9.13 Å². The predicted molar refractivity (Wildman–Crippen MR) is 158 cm³/mol. The van der Waals surface area contributed by atoms with Gasteiger partial charge in [0, 0.05) is 45.3 Å². The van der Waals surface area contributed by atoms with Crippen molar-refractivity contribution in [1.29, 1.82) is 0 Å². The summed E-state index contributed by atoms with van der Waals surface area (Å²) in [6.07, 6.45) is 0. The molecule has 37 heavy (non-hydrogen) atoms. The van der Waals surface area contributed by atoms with Gasteiger partial charge in [-0.05, 0) is 70.4 Å². The lowest BCUT2D eigenvalue weighted by molar-refractivity contribution is 1.01. The Balaban J connectivity index is 1.40. The van der Waals surface area contributed by atoms with Crippen molar-refractivity contribution < 1.29 is 0 Å². The summed E-state index contributed by atoms with van der Waals surface area (Å²) in [6, 6.07) is 46.4. The Morgan fingerprint density at radius 3 is 1.89 bits per heavy atom. The summed E-state index contributed by atoms with van der Waals surface area (Å²) < 4.78 is 4.69. The predicted octanol–water partition coefficient (Wildman–Crippen LogP) is 9.25. The highest BCUT2D eigenvalue weighted by Crippen LogP contribution is 2.38. The molecule has 2 heteroatoms. The van der Waals surface area contributed by atoms with Crippen LogP contribution in [-0.2, 0) is 7.05 Å². The second-order valence-corrected chi connectivity index (χ2v) is 9.89. The van der Waals surface area contributed by atoms with Crippen LogP contribution in [0.2, 0.25) is 0 Å². The van der Waals surface area contributed by atoms with Gasteiger partial charge in [-0.15, -0.1) is 0 Å². The molecule has 2 nitrogen and oxygen atoms in total. The third kappa shape index (κ3) is 2.87. The second kappa shape index (κ2) is 7.59. The van der Waals surface area contributed by atoms with Gasteiger partial charge in [-0.25, -0.2) is 0 Å². The molecule has 0 unspecified atom stereocenters. The molecular weight excluding hydrogens is 448 g/mol. The minimum Gasteiger partial charge on any atom is -0.344 e. The maximum absolute atomic E-state index is 2.38. The van der Waals surface area contributed by atoms with E-state index in [-0.39, 0.29) is 0 Å². The number of hydrogen-bond donors (Lipinski definition) is 0. The number of fused-ring (bicyclic) bond motifs is 8. The third-order valence-electron chi connectivity index (χ3n) is 7.92. The minimum atomic E-state index is 1.19. The van der Waals surface area contributed by atoms with Crippen LogP contribution in [0.15, 0.2) is 127 Å². The van der Waals surface area contributed by atoms with Crippen molar-refractivity contribution in [3.8, 4) is 16.8 Å². The molecule has 0 N–H and O–H groups in total. The lowest BCUT2D eigenvalue weighted by atomic mass is 9.99. The average molecular weight is 473 g/mol. The molecule has 0 atom stereocenters. The van der Waals surface area contributed by atoms with Crippen LogP contribution in [0.3, 0.4) is 0 Å². The number of rotatable bonds is 2. The van der Waals surface area contributed by atoms with Crippen molar-refractivity contribution in [2.75, 3.05) is 0 Å². The SMILES string of the molecule is Cn1c2ccc(-c3ccc4c(c3)c3ccccc3n4-c3ccccc3)cc2c2c3ccccc3ccc21. The minimum absolute atomic E-state index is 1.19. The molecule has 0 bridgehead atoms. The maximum atomic E-state index is 2.38. The fourth-order valence-electron chi connectivity index (χ4n) is 6.17. The molecule has 174 valence electrons. The molecule has 0 fully saturated rings. The highest BCUT2D eigenvalue weighted by molar-refractivity contribution is 6.21. The van der Waals surface area contributed by atoms with Gasteiger partial charge in [0.2, 0.25) is 0 Å². The van der Waals surface area contributed by atoms with E-state index in [1.165, 1.54) is 71.2 Å². The number of nitrogens with zero attached hydrogens (tertiary/aromatic N) is 2. The molecule has 0 amide bonds. The Kier molecular flexibility index (Phi) is 4.18. The van der Waals surface area contributed by atoms with Crippen LogP contribution in [-0.4, -0.2) is 9.13 Å². The molecule has 0 saturated carbocycles. The highest BCUT2D eigenvalue weighted by atomic mass is 15.0. The van der Waals surface area contributed by atoms with Crippen molar-refractivity contribution in [2.45, 2.75) is 0 Å². The summed E-state index contributed by atoms with van der Waals surface area (Å²) in [5.74, 6) is 0. The van der Waals surface area contributed by atoms with Gasteiger partial charge in [-0.1, -0.05) is 78.9 Å². The molecule has 0 aliphatic heterocycles. The molecule has 0 aliphatic carbocycles. The lowest BCUT2D eigenvalue weighted by Crippen LogP contribution is -1.92. The van der Waals surface area contributed by atoms with E-state index in [0.29, 0.717) is 0 Å². The zero-order valence-corrected chi connectivity index (χ0v) is 20.5. The first-order valence-corrected chi connectivity index (χ1v) is 12.8. The molecule has 2 heterocycles. The fraction of sp³-hybridized carbons (Fsp3) is 0.0286. The van der Waals surface area contributed by atoms with E-state index >= 15 is 0 Å². The van der Waals surface area contributed by atoms with Gasteiger partial charge >= 0.3 is 0 Å². The molecule has 0 saturated heterocycles. The molecule has 0 aliphatic rings. The number of benzene rings is 6. The Morgan fingerprint density at radius 1 is 0.432 bits per heavy atom. The van der Waals surface area contributed by atoms with Gasteiger partial charge in [-0.2, -0.15) is 0 Å². The van der Waals surface area contributed by atoms with Gasteiger partial charge < -0.3 is 9.13 Å². The maximum Gasteiger partial charge on any atom is 0.0541 e. The fourth-order valence-corrected chi connectivity index (χ4v) is 6.17. The lowest BCUT2D eigenvalue weighted by Gasteiger charge is -2.08. The highest BCUT2D eigenvalue weighted by Gasteiger charge is 2.15. The Morgan fingerprint density at radius 2 is 1.05 bits per heavy atom. The van der Waals surface area contributed by atoms with Crippen molar-refractivity contribution in [3.63, 3.8) is 0 Å². The first-order valence-electron chi connectivity index (χ1n) is 12.8. The van der Waals surface area contributed by atoms with Crippen LogP contribution in [0.5, 0.6) is 0 Å². The van der Waals surface area contributed by atoms with Crippen LogP contribution in [0, 0.1) is 0 Å². The molecular formula is C35H24N2. The van der Waals surface area contributed by atoms with Crippen molar-refractivity contribution >= 4 is 54.4 Å². The normalized spacial score (nSPS) is 11.9. The van der Waals surface area contributed by atoms with Gasteiger partial charge in [0.25, 0.3) is 0 Å². The number of aryl methyl sites for hydroxylation is 1. The van der Waals surface area contributed by atoms with E-state index in [9.17, 15) is 0 Å². The first-order chi connectivity index (χ1) is 18.3. The number of para-hydroxylation sites is 2. The smallest absolute Gasteiger partial charge is 0.0541 e. The van der Waals surface area contributed by atoms with E-state index in [0.717, 1.165) is 0 Å². The van der Waals surface area contributed by atoms with Gasteiger partial charge in [0.05, 0.1) is 11.0 Å². The zero-order chi connectivity index (χ0) is 24.5. The van der Waals surface area contributed by atoms with Crippen LogP contribution in [0.4, 0.5) is 0 Å². The van der Waals surface area contributed by atoms with Crippen LogP contribution in [0.1, 0.15) is 0 Å². The van der Waals surface area contributed by atoms with Gasteiger partial charge in [0.1, 0.15) is 0 Å². The van der Waals surface area contributed by atoms with Gasteiger partial charge in [0.15, 0.2) is 0 Å². The van der Waals surface area contributed by atoms with E-state index in [1.807, 2.05) is 0 Å². The molecule has 6 aromatic carbocycles. The molecule has 0 spiro atoms. The van der Waals surface area contributed by atoms with Crippen LogP contribution < -0.4 is 0 Å². The molecule has 8 rings (SSSR count). The summed E-state index contributed by atoms with van der Waals surface area (Å²) in [5.41, 5.74) is 8.66. The second-order valence-electron chi connectivity index (χ2n) is 9.89. The summed E-state index contributed by atoms with van der Waals surface area (Å²) in [5, 5.41) is 7.78. The van der Waals surface area contributed by atoms with E-state index < -0.39 is 0 Å². The molecule has 2 aromatic heterocycles. The standard InChI is InChI=1S/C35H24N2/c1-36-31-18-16-25(22-30(31)35-27-12-6-5-9-23(27)15-20-34(35)36)24-17-19-33-29(21-24)28-13-7-8-14-32(28)37(33)26-10-3-2-4-11-26/h2-22H,1H3. The van der Waals surface area contributed by atoms with Crippen LogP contribution in [0.25, 0.3) is 71.2 Å². The largest absolute Gasteiger partial charge is 0.344 e. The Hall–Kier alpha value is -4.82. The van der Waals surface area contributed by atoms with E-state index in [1.54, 1.807) is 0 Å². The molecule has 8 aromatic rings.